The van der Waals surface area contributed by atoms with Crippen LogP contribution in [0.25, 0.3) is 0 Å². The Hall–Kier alpha value is -2.33. The van der Waals surface area contributed by atoms with E-state index in [4.69, 9.17) is 9.47 Å². The van der Waals surface area contributed by atoms with Gasteiger partial charge in [-0.1, -0.05) is 25.6 Å². The van der Waals surface area contributed by atoms with E-state index in [1.807, 2.05) is 0 Å². The summed E-state index contributed by atoms with van der Waals surface area (Å²) in [5, 5.41) is 2.61. The van der Waals surface area contributed by atoms with Gasteiger partial charge in [0.15, 0.2) is 5.69 Å². The highest BCUT2D eigenvalue weighted by Gasteiger charge is 2.20. The molecule has 136 valence electrons. The molecule has 1 rings (SSSR count). The molecule has 0 aliphatic rings. The zero-order valence-electron chi connectivity index (χ0n) is 15.9. The van der Waals surface area contributed by atoms with Crippen LogP contribution < -0.4 is 5.32 Å². The summed E-state index contributed by atoms with van der Waals surface area (Å²) < 4.78 is 10.2. The standard InChI is InChI=1S/C18H26N2O4Si/c1-8-23-17(22)20-14-11-15(16(21)24-18(2,3)4)19-12-13(14)9-10-25(5,6)7/h11-12H,8H2,1-7H3,(H,19,20,22). The van der Waals surface area contributed by atoms with Crippen LogP contribution in [0, 0.1) is 11.5 Å². The first-order chi connectivity index (χ1) is 11.4. The molecule has 1 heterocycles. The maximum atomic E-state index is 12.2. The Morgan fingerprint density at radius 2 is 1.92 bits per heavy atom. The van der Waals surface area contributed by atoms with Crippen molar-refractivity contribution < 1.29 is 19.1 Å². The largest absolute Gasteiger partial charge is 0.455 e. The second-order valence-corrected chi connectivity index (χ2v) is 12.2. The normalized spacial score (nSPS) is 11.2. The van der Waals surface area contributed by atoms with E-state index in [9.17, 15) is 9.59 Å². The van der Waals surface area contributed by atoms with Crippen LogP contribution in [0.5, 0.6) is 0 Å². The summed E-state index contributed by atoms with van der Waals surface area (Å²) >= 11 is 0. The SMILES string of the molecule is CCOC(=O)Nc1cc(C(=O)OC(C)(C)C)ncc1C#C[Si](C)(C)C. The van der Waals surface area contributed by atoms with Crippen LogP contribution in [0.3, 0.4) is 0 Å². The monoisotopic (exact) mass is 362 g/mol. The highest BCUT2D eigenvalue weighted by atomic mass is 28.3. The summed E-state index contributed by atoms with van der Waals surface area (Å²) in [7, 11) is -1.61. The van der Waals surface area contributed by atoms with Gasteiger partial charge in [-0.2, -0.15) is 0 Å². The summed E-state index contributed by atoms with van der Waals surface area (Å²) in [4.78, 5) is 28.1. The second-order valence-electron chi connectivity index (χ2n) is 7.46. The number of esters is 1. The van der Waals surface area contributed by atoms with Gasteiger partial charge in [0.25, 0.3) is 0 Å². The Balaban J connectivity index is 3.23. The Morgan fingerprint density at radius 1 is 1.28 bits per heavy atom. The third-order valence-corrected chi connectivity index (χ3v) is 3.47. The predicted octanol–water partition coefficient (Wildman–Crippen LogP) is 3.83. The Bertz CT molecular complexity index is 707. The summed E-state index contributed by atoms with van der Waals surface area (Å²) in [6.07, 6.45) is 0.855. The molecule has 0 aliphatic carbocycles. The fourth-order valence-electron chi connectivity index (χ4n) is 1.63. The molecule has 0 atom stereocenters. The lowest BCUT2D eigenvalue weighted by Gasteiger charge is -2.19. The Kier molecular flexibility index (Phi) is 6.76. The molecule has 0 aromatic carbocycles. The number of ether oxygens (including phenoxy) is 2. The van der Waals surface area contributed by atoms with Crippen LogP contribution in [-0.4, -0.2) is 37.3 Å². The highest BCUT2D eigenvalue weighted by Crippen LogP contribution is 2.18. The zero-order valence-corrected chi connectivity index (χ0v) is 16.9. The molecule has 1 aromatic rings. The average Bonchev–Trinajstić information content (AvgIpc) is 2.43. The number of anilines is 1. The van der Waals surface area contributed by atoms with Crippen LogP contribution in [-0.2, 0) is 9.47 Å². The van der Waals surface area contributed by atoms with E-state index in [-0.39, 0.29) is 12.3 Å². The van der Waals surface area contributed by atoms with Gasteiger partial charge in [-0.3, -0.25) is 5.32 Å². The zero-order chi connectivity index (χ0) is 19.3. The number of carbonyl (C=O) groups is 2. The quantitative estimate of drug-likeness (QED) is 0.502. The van der Waals surface area contributed by atoms with E-state index in [0.29, 0.717) is 11.3 Å². The molecule has 6 nitrogen and oxygen atoms in total. The van der Waals surface area contributed by atoms with Gasteiger partial charge in [-0.25, -0.2) is 14.6 Å². The van der Waals surface area contributed by atoms with Crippen LogP contribution in [0.1, 0.15) is 43.7 Å². The molecule has 1 amide bonds. The lowest BCUT2D eigenvalue weighted by Crippen LogP contribution is -2.24. The molecular weight excluding hydrogens is 336 g/mol. The fourth-order valence-corrected chi connectivity index (χ4v) is 2.14. The molecule has 1 N–H and O–H groups in total. The van der Waals surface area contributed by atoms with Crippen molar-refractivity contribution in [1.82, 2.24) is 4.98 Å². The first-order valence-electron chi connectivity index (χ1n) is 8.11. The van der Waals surface area contributed by atoms with Gasteiger partial charge < -0.3 is 9.47 Å². The average molecular weight is 363 g/mol. The number of aromatic nitrogens is 1. The maximum Gasteiger partial charge on any atom is 0.411 e. The number of nitrogens with zero attached hydrogens (tertiary/aromatic N) is 1. The molecule has 0 saturated carbocycles. The lowest BCUT2D eigenvalue weighted by molar-refractivity contribution is 0.00628. The molecule has 0 unspecified atom stereocenters. The molecule has 7 heteroatoms. The summed E-state index contributed by atoms with van der Waals surface area (Å²) in [6, 6.07) is 1.46. The smallest absolute Gasteiger partial charge is 0.411 e. The van der Waals surface area contributed by atoms with Crippen molar-refractivity contribution >= 4 is 25.8 Å². The van der Waals surface area contributed by atoms with Gasteiger partial charge in [0.2, 0.25) is 0 Å². The van der Waals surface area contributed by atoms with Crippen molar-refractivity contribution in [3.63, 3.8) is 0 Å². The van der Waals surface area contributed by atoms with Gasteiger partial charge in [0.05, 0.1) is 17.9 Å². The highest BCUT2D eigenvalue weighted by molar-refractivity contribution is 6.83. The number of amides is 1. The van der Waals surface area contributed by atoms with Crippen molar-refractivity contribution in [2.75, 3.05) is 11.9 Å². The van der Waals surface area contributed by atoms with Gasteiger partial charge in [-0.15, -0.1) is 5.54 Å². The van der Waals surface area contributed by atoms with Crippen LogP contribution in [0.2, 0.25) is 19.6 Å². The van der Waals surface area contributed by atoms with Gasteiger partial charge >= 0.3 is 12.1 Å². The minimum absolute atomic E-state index is 0.0975. The number of rotatable bonds is 3. The molecule has 0 radical (unpaired) electrons. The summed E-state index contributed by atoms with van der Waals surface area (Å²) in [5.74, 6) is 2.48. The lowest BCUT2D eigenvalue weighted by atomic mass is 10.2. The van der Waals surface area contributed by atoms with Crippen LogP contribution >= 0.6 is 0 Å². The number of pyridine rings is 1. The van der Waals surface area contributed by atoms with Crippen LogP contribution in [0.15, 0.2) is 12.3 Å². The molecular formula is C18H26N2O4Si. The topological polar surface area (TPSA) is 77.5 Å². The molecule has 0 aliphatic heterocycles. The summed E-state index contributed by atoms with van der Waals surface area (Å²) in [5.41, 5.74) is 3.58. The molecule has 0 fully saturated rings. The molecule has 0 spiro atoms. The first-order valence-corrected chi connectivity index (χ1v) is 11.6. The van der Waals surface area contributed by atoms with Crippen molar-refractivity contribution in [3.05, 3.63) is 23.5 Å². The van der Waals surface area contributed by atoms with E-state index >= 15 is 0 Å². The Labute approximate surface area is 150 Å². The van der Waals surface area contributed by atoms with Crippen molar-refractivity contribution in [2.24, 2.45) is 0 Å². The number of nitrogens with one attached hydrogen (secondary N) is 1. The third kappa shape index (κ3) is 7.85. The number of hydrogen-bond donors (Lipinski definition) is 1. The Morgan fingerprint density at radius 3 is 2.44 bits per heavy atom. The van der Waals surface area contributed by atoms with Crippen molar-refractivity contribution in [2.45, 2.75) is 52.9 Å². The predicted molar refractivity (Wildman–Crippen MR) is 100 cm³/mol. The van der Waals surface area contributed by atoms with E-state index in [1.54, 1.807) is 27.7 Å². The number of carbonyl (C=O) groups excluding carboxylic acids is 2. The maximum absolute atomic E-state index is 12.2. The van der Waals surface area contributed by atoms with E-state index in [0.717, 1.165) is 0 Å². The summed E-state index contributed by atoms with van der Waals surface area (Å²) in [6.45, 7) is 13.6. The van der Waals surface area contributed by atoms with E-state index < -0.39 is 25.7 Å². The number of hydrogen-bond acceptors (Lipinski definition) is 5. The minimum atomic E-state index is -1.61. The van der Waals surface area contributed by atoms with Gasteiger partial charge in [0, 0.05) is 6.20 Å². The molecule has 0 bridgehead atoms. The minimum Gasteiger partial charge on any atom is -0.455 e. The molecule has 1 aromatic heterocycles. The fraction of sp³-hybridized carbons (Fsp3) is 0.500. The van der Waals surface area contributed by atoms with Gasteiger partial charge in [0.1, 0.15) is 13.7 Å². The van der Waals surface area contributed by atoms with E-state index in [1.165, 1.54) is 12.3 Å². The first kappa shape index (κ1) is 20.7. The third-order valence-electron chi connectivity index (χ3n) is 2.60. The van der Waals surface area contributed by atoms with E-state index in [2.05, 4.69) is 41.4 Å². The van der Waals surface area contributed by atoms with Crippen molar-refractivity contribution in [1.29, 1.82) is 0 Å². The second kappa shape index (κ2) is 8.16. The molecule has 0 saturated heterocycles. The molecule has 25 heavy (non-hydrogen) atoms. The van der Waals surface area contributed by atoms with Crippen LogP contribution in [0.4, 0.5) is 10.5 Å². The van der Waals surface area contributed by atoms with Crippen molar-refractivity contribution in [3.8, 4) is 11.5 Å². The van der Waals surface area contributed by atoms with Gasteiger partial charge in [-0.05, 0) is 33.8 Å².